The van der Waals surface area contributed by atoms with Crippen LogP contribution in [-0.2, 0) is 6.42 Å². The molecule has 3 nitrogen and oxygen atoms in total. The monoisotopic (exact) mass is 191 g/mol. The van der Waals surface area contributed by atoms with E-state index < -0.39 is 0 Å². The molecule has 0 aliphatic heterocycles. The van der Waals surface area contributed by atoms with Crippen LogP contribution in [0.4, 0.5) is 0 Å². The summed E-state index contributed by atoms with van der Waals surface area (Å²) in [5, 5.41) is 9.10. The Bertz CT molecular complexity index is 481. The third-order valence-electron chi connectivity index (χ3n) is 1.82. The number of H-pyrrole nitrogens is 1. The van der Waals surface area contributed by atoms with Crippen molar-refractivity contribution in [2.45, 2.75) is 6.42 Å². The van der Waals surface area contributed by atoms with E-state index in [1.54, 1.807) is 12.4 Å². The second kappa shape index (κ2) is 3.08. The van der Waals surface area contributed by atoms with Gasteiger partial charge in [-0.05, 0) is 17.7 Å². The van der Waals surface area contributed by atoms with Gasteiger partial charge in [-0.3, -0.25) is 0 Å². The molecule has 0 saturated carbocycles. The van der Waals surface area contributed by atoms with Crippen LogP contribution in [0.25, 0.3) is 11.0 Å². The number of rotatable bonds is 1. The number of hydrogen-bond donors (Lipinski definition) is 1. The van der Waals surface area contributed by atoms with Crippen molar-refractivity contribution in [3.63, 3.8) is 0 Å². The molecule has 2 rings (SSSR count). The molecule has 0 aliphatic rings. The Morgan fingerprint density at radius 3 is 3.15 bits per heavy atom. The number of nitrogens with one attached hydrogen (secondary N) is 1. The number of aromatic nitrogens is 2. The topological polar surface area (TPSA) is 52.5 Å². The van der Waals surface area contributed by atoms with Crippen molar-refractivity contribution in [3.8, 4) is 6.07 Å². The highest BCUT2D eigenvalue weighted by Gasteiger charge is 2.03. The van der Waals surface area contributed by atoms with Crippen molar-refractivity contribution in [2.75, 3.05) is 0 Å². The number of nitriles is 1. The van der Waals surface area contributed by atoms with Crippen molar-refractivity contribution >= 4 is 22.6 Å². The summed E-state index contributed by atoms with van der Waals surface area (Å²) in [6.07, 6.45) is 1.96. The summed E-state index contributed by atoms with van der Waals surface area (Å²) in [6.45, 7) is 0. The Morgan fingerprint density at radius 1 is 1.54 bits per heavy atom. The fourth-order valence-corrected chi connectivity index (χ4v) is 1.55. The molecule has 0 amide bonds. The van der Waals surface area contributed by atoms with E-state index in [1.165, 1.54) is 0 Å². The van der Waals surface area contributed by atoms with Crippen LogP contribution in [0.15, 0.2) is 18.5 Å². The highest BCUT2D eigenvalue weighted by Crippen LogP contribution is 2.22. The van der Waals surface area contributed by atoms with Gasteiger partial charge in [-0.1, -0.05) is 11.6 Å². The van der Waals surface area contributed by atoms with Gasteiger partial charge in [0, 0.05) is 0 Å². The number of aromatic amines is 1. The Kier molecular flexibility index (Phi) is 1.91. The zero-order valence-corrected chi connectivity index (χ0v) is 7.47. The largest absolute Gasteiger partial charge is 0.345 e. The van der Waals surface area contributed by atoms with Crippen LogP contribution in [0.5, 0.6) is 0 Å². The van der Waals surface area contributed by atoms with Crippen LogP contribution in [-0.4, -0.2) is 9.97 Å². The number of hydrogen-bond acceptors (Lipinski definition) is 2. The fourth-order valence-electron chi connectivity index (χ4n) is 1.26. The van der Waals surface area contributed by atoms with Gasteiger partial charge in [0.2, 0.25) is 0 Å². The van der Waals surface area contributed by atoms with E-state index in [0.717, 1.165) is 16.6 Å². The van der Waals surface area contributed by atoms with Crippen molar-refractivity contribution in [1.82, 2.24) is 9.97 Å². The molecule has 0 fully saturated rings. The quantitative estimate of drug-likeness (QED) is 0.752. The average molecular weight is 192 g/mol. The lowest BCUT2D eigenvalue weighted by Crippen LogP contribution is -1.82. The molecule has 0 spiro atoms. The van der Waals surface area contributed by atoms with Gasteiger partial charge in [0.1, 0.15) is 5.52 Å². The summed E-state index contributed by atoms with van der Waals surface area (Å²) in [4.78, 5) is 7.00. The Labute approximate surface area is 80.0 Å². The average Bonchev–Trinajstić information content (AvgIpc) is 2.53. The van der Waals surface area contributed by atoms with E-state index in [9.17, 15) is 0 Å². The number of nitrogens with zero attached hydrogens (tertiary/aromatic N) is 2. The maximum Gasteiger partial charge on any atom is 0.107 e. The molecule has 0 bridgehead atoms. The number of halogens is 1. The normalized spacial score (nSPS) is 10.2. The van der Waals surface area contributed by atoms with E-state index in [-0.39, 0.29) is 0 Å². The molecule has 0 saturated heterocycles. The Morgan fingerprint density at radius 2 is 2.38 bits per heavy atom. The van der Waals surface area contributed by atoms with Crippen molar-refractivity contribution < 1.29 is 0 Å². The molecular weight excluding hydrogens is 186 g/mol. The molecule has 0 aliphatic carbocycles. The van der Waals surface area contributed by atoms with Crippen LogP contribution in [0.3, 0.4) is 0 Å². The third-order valence-corrected chi connectivity index (χ3v) is 2.11. The molecule has 1 aromatic heterocycles. The van der Waals surface area contributed by atoms with Crippen molar-refractivity contribution in [2.24, 2.45) is 0 Å². The maximum absolute atomic E-state index is 8.51. The van der Waals surface area contributed by atoms with Gasteiger partial charge in [0.15, 0.2) is 0 Å². The first-order valence-corrected chi connectivity index (χ1v) is 4.17. The molecule has 4 heteroatoms. The van der Waals surface area contributed by atoms with Crippen LogP contribution < -0.4 is 0 Å². The molecule has 0 atom stereocenters. The lowest BCUT2D eigenvalue weighted by Gasteiger charge is -1.96. The van der Waals surface area contributed by atoms with E-state index >= 15 is 0 Å². The van der Waals surface area contributed by atoms with E-state index in [2.05, 4.69) is 16.0 Å². The molecule has 0 radical (unpaired) electrons. The van der Waals surface area contributed by atoms with Crippen LogP contribution >= 0.6 is 11.6 Å². The smallest absolute Gasteiger partial charge is 0.107 e. The molecule has 13 heavy (non-hydrogen) atoms. The van der Waals surface area contributed by atoms with Crippen LogP contribution in [0.1, 0.15) is 5.56 Å². The summed E-state index contributed by atoms with van der Waals surface area (Å²) in [5.74, 6) is 0. The van der Waals surface area contributed by atoms with Crippen molar-refractivity contribution in [1.29, 1.82) is 5.26 Å². The summed E-state index contributed by atoms with van der Waals surface area (Å²) < 4.78 is 0. The molecule has 2 aromatic rings. The summed E-state index contributed by atoms with van der Waals surface area (Å²) in [7, 11) is 0. The fraction of sp³-hybridized carbons (Fsp3) is 0.111. The van der Waals surface area contributed by atoms with Gasteiger partial charge in [-0.2, -0.15) is 5.26 Å². The molecule has 1 N–H and O–H groups in total. The SMILES string of the molecule is N#CCc1cc(Cl)c2nc[nH]c2c1. The standard InChI is InChI=1S/C9H6ClN3/c10-7-3-6(1-2-11)4-8-9(7)13-5-12-8/h3-5H,1H2,(H,12,13). The minimum atomic E-state index is 0.370. The Hall–Kier alpha value is -1.53. The van der Waals surface area contributed by atoms with Gasteiger partial charge < -0.3 is 4.98 Å². The summed E-state index contributed by atoms with van der Waals surface area (Å²) in [6, 6.07) is 5.73. The molecule has 1 heterocycles. The predicted molar refractivity (Wildman–Crippen MR) is 50.4 cm³/mol. The minimum Gasteiger partial charge on any atom is -0.345 e. The first kappa shape index (κ1) is 8.09. The van der Waals surface area contributed by atoms with E-state index in [4.69, 9.17) is 16.9 Å². The van der Waals surface area contributed by atoms with Gasteiger partial charge in [0.25, 0.3) is 0 Å². The molecule has 64 valence electrons. The van der Waals surface area contributed by atoms with E-state index in [1.807, 2.05) is 6.07 Å². The second-order valence-electron chi connectivity index (χ2n) is 2.71. The van der Waals surface area contributed by atoms with Gasteiger partial charge >= 0.3 is 0 Å². The predicted octanol–water partition coefficient (Wildman–Crippen LogP) is 2.28. The molecule has 1 aromatic carbocycles. The number of fused-ring (bicyclic) bond motifs is 1. The first-order valence-electron chi connectivity index (χ1n) is 3.79. The summed E-state index contributed by atoms with van der Waals surface area (Å²) in [5.41, 5.74) is 2.53. The number of imidazole rings is 1. The van der Waals surface area contributed by atoms with Gasteiger partial charge in [0.05, 0.1) is 29.4 Å². The highest BCUT2D eigenvalue weighted by atomic mass is 35.5. The molecule has 0 unspecified atom stereocenters. The zero-order valence-electron chi connectivity index (χ0n) is 6.71. The zero-order chi connectivity index (χ0) is 9.26. The first-order chi connectivity index (χ1) is 6.31. The maximum atomic E-state index is 8.51. The van der Waals surface area contributed by atoms with Gasteiger partial charge in [-0.15, -0.1) is 0 Å². The summed E-state index contributed by atoms with van der Waals surface area (Å²) >= 11 is 5.95. The van der Waals surface area contributed by atoms with Crippen molar-refractivity contribution in [3.05, 3.63) is 29.0 Å². The van der Waals surface area contributed by atoms with Crippen LogP contribution in [0, 0.1) is 11.3 Å². The lowest BCUT2D eigenvalue weighted by molar-refractivity contribution is 1.27. The van der Waals surface area contributed by atoms with E-state index in [0.29, 0.717) is 11.4 Å². The number of benzene rings is 1. The van der Waals surface area contributed by atoms with Crippen LogP contribution in [0.2, 0.25) is 5.02 Å². The highest BCUT2D eigenvalue weighted by molar-refractivity contribution is 6.35. The lowest BCUT2D eigenvalue weighted by atomic mass is 10.1. The van der Waals surface area contributed by atoms with Gasteiger partial charge in [-0.25, -0.2) is 4.98 Å². The Balaban J connectivity index is 2.64. The molecular formula is C9H6ClN3. The second-order valence-corrected chi connectivity index (χ2v) is 3.12. The minimum absolute atomic E-state index is 0.370. The third kappa shape index (κ3) is 1.36.